The highest BCUT2D eigenvalue weighted by Crippen LogP contribution is 2.44. The quantitative estimate of drug-likeness (QED) is 0.777. The van der Waals surface area contributed by atoms with E-state index < -0.39 is 0 Å². The minimum atomic E-state index is -0.301. The molecule has 0 radical (unpaired) electrons. The topological polar surface area (TPSA) is 41.6 Å². The average Bonchev–Trinajstić information content (AvgIpc) is 2.74. The third-order valence-electron chi connectivity index (χ3n) is 4.23. The maximum absolute atomic E-state index is 11.2. The molecular weight excluding hydrogens is 204 g/mol. The number of nitrogens with one attached hydrogen (secondary N) is 1. The van der Waals surface area contributed by atoms with Crippen LogP contribution in [0.1, 0.15) is 33.1 Å². The number of hydrogen-bond acceptors (Lipinski definition) is 3. The minimum absolute atomic E-state index is 0.0719. The fourth-order valence-electron chi connectivity index (χ4n) is 3.34. The molecule has 2 fully saturated rings. The van der Waals surface area contributed by atoms with Crippen molar-refractivity contribution >= 4 is 6.09 Å². The van der Waals surface area contributed by atoms with Crippen molar-refractivity contribution in [3.05, 3.63) is 0 Å². The van der Waals surface area contributed by atoms with Gasteiger partial charge in [0.1, 0.15) is 6.10 Å². The molecule has 2 atom stereocenters. The Morgan fingerprint density at radius 1 is 1.56 bits per heavy atom. The molecular formula is C12H22N2O2. The zero-order valence-electron chi connectivity index (χ0n) is 10.5. The fraction of sp³-hybridized carbons (Fsp3) is 0.917. The van der Waals surface area contributed by atoms with Gasteiger partial charge in [-0.05, 0) is 25.3 Å². The molecule has 2 unspecified atom stereocenters. The number of hydrogen-bond donors (Lipinski definition) is 1. The normalized spacial score (nSPS) is 34.1. The van der Waals surface area contributed by atoms with Crippen molar-refractivity contribution in [1.29, 1.82) is 0 Å². The highest BCUT2D eigenvalue weighted by molar-refractivity contribution is 5.66. The predicted octanol–water partition coefficient (Wildman–Crippen LogP) is 1.61. The Morgan fingerprint density at radius 3 is 2.88 bits per heavy atom. The van der Waals surface area contributed by atoms with Crippen LogP contribution in [0.3, 0.4) is 0 Å². The largest absolute Gasteiger partial charge is 0.445 e. The molecule has 0 aliphatic carbocycles. The Bertz CT molecular complexity index is 280. The van der Waals surface area contributed by atoms with Crippen LogP contribution in [0.25, 0.3) is 0 Å². The first-order chi connectivity index (χ1) is 7.58. The summed E-state index contributed by atoms with van der Waals surface area (Å²) < 4.78 is 5.38. The molecule has 2 aliphatic rings. The fourth-order valence-corrected chi connectivity index (χ4v) is 3.34. The van der Waals surface area contributed by atoms with Crippen LogP contribution in [0.15, 0.2) is 0 Å². The van der Waals surface area contributed by atoms with Crippen molar-refractivity contribution in [2.45, 2.75) is 44.8 Å². The molecule has 2 heterocycles. The first-order valence-corrected chi connectivity index (χ1v) is 6.22. The maximum Gasteiger partial charge on any atom is 0.407 e. The molecule has 1 amide bonds. The van der Waals surface area contributed by atoms with E-state index in [4.69, 9.17) is 4.74 Å². The summed E-state index contributed by atoms with van der Waals surface area (Å²) in [4.78, 5) is 13.7. The summed E-state index contributed by atoms with van der Waals surface area (Å²) in [6.07, 6.45) is 3.30. The molecule has 16 heavy (non-hydrogen) atoms. The molecule has 0 aromatic rings. The number of amides is 1. The van der Waals surface area contributed by atoms with Crippen LogP contribution in [-0.2, 0) is 4.74 Å². The van der Waals surface area contributed by atoms with E-state index in [9.17, 15) is 4.79 Å². The number of carbonyl (C=O) groups excluding carboxylic acids is 1. The van der Waals surface area contributed by atoms with Gasteiger partial charge in [-0.25, -0.2) is 4.79 Å². The Labute approximate surface area is 97.3 Å². The van der Waals surface area contributed by atoms with Crippen molar-refractivity contribution in [1.82, 2.24) is 10.2 Å². The summed E-state index contributed by atoms with van der Waals surface area (Å²) in [7, 11) is 1.61. The van der Waals surface area contributed by atoms with Crippen LogP contribution in [-0.4, -0.2) is 42.8 Å². The first-order valence-electron chi connectivity index (χ1n) is 6.22. The second kappa shape index (κ2) is 4.24. The molecule has 0 saturated carbocycles. The zero-order valence-corrected chi connectivity index (χ0v) is 10.5. The van der Waals surface area contributed by atoms with E-state index in [2.05, 4.69) is 24.1 Å². The van der Waals surface area contributed by atoms with Crippen molar-refractivity contribution in [2.24, 2.45) is 5.92 Å². The lowest BCUT2D eigenvalue weighted by Crippen LogP contribution is -2.42. The van der Waals surface area contributed by atoms with Crippen LogP contribution < -0.4 is 5.32 Å². The van der Waals surface area contributed by atoms with Crippen molar-refractivity contribution in [2.75, 3.05) is 20.1 Å². The van der Waals surface area contributed by atoms with E-state index in [0.717, 1.165) is 19.5 Å². The van der Waals surface area contributed by atoms with Gasteiger partial charge in [-0.15, -0.1) is 0 Å². The van der Waals surface area contributed by atoms with E-state index >= 15 is 0 Å². The van der Waals surface area contributed by atoms with Gasteiger partial charge in [0.2, 0.25) is 0 Å². The summed E-state index contributed by atoms with van der Waals surface area (Å²) in [6, 6.07) is 0. The highest BCUT2D eigenvalue weighted by atomic mass is 16.6. The standard InChI is InChI=1S/C12H22N2O2/c1-9(2)12-5-4-6-14(12)8-10(7-12)16-11(15)13-3/h9-10H,4-8H2,1-3H3,(H,13,15). The molecule has 0 bridgehead atoms. The predicted molar refractivity (Wildman–Crippen MR) is 62.3 cm³/mol. The van der Waals surface area contributed by atoms with E-state index in [1.165, 1.54) is 12.8 Å². The average molecular weight is 226 g/mol. The summed E-state index contributed by atoms with van der Waals surface area (Å²) in [6.45, 7) is 6.62. The third-order valence-corrected chi connectivity index (χ3v) is 4.23. The maximum atomic E-state index is 11.2. The molecule has 4 heteroatoms. The Balaban J connectivity index is 2.02. The van der Waals surface area contributed by atoms with Crippen LogP contribution in [0.2, 0.25) is 0 Å². The van der Waals surface area contributed by atoms with Crippen molar-refractivity contribution in [3.8, 4) is 0 Å². The van der Waals surface area contributed by atoms with Gasteiger partial charge in [0.15, 0.2) is 0 Å². The molecule has 0 spiro atoms. The van der Waals surface area contributed by atoms with Crippen molar-refractivity contribution < 1.29 is 9.53 Å². The smallest absolute Gasteiger partial charge is 0.407 e. The summed E-state index contributed by atoms with van der Waals surface area (Å²) >= 11 is 0. The molecule has 92 valence electrons. The second-order valence-electron chi connectivity index (χ2n) is 5.29. The van der Waals surface area contributed by atoms with Gasteiger partial charge < -0.3 is 10.1 Å². The Kier molecular flexibility index (Phi) is 3.10. The zero-order chi connectivity index (χ0) is 11.8. The van der Waals surface area contributed by atoms with Gasteiger partial charge in [-0.2, -0.15) is 0 Å². The van der Waals surface area contributed by atoms with E-state index in [0.29, 0.717) is 11.5 Å². The van der Waals surface area contributed by atoms with E-state index in [1.54, 1.807) is 7.05 Å². The molecule has 2 aliphatic heterocycles. The van der Waals surface area contributed by atoms with Gasteiger partial charge in [0.05, 0.1) is 0 Å². The monoisotopic (exact) mass is 226 g/mol. The number of nitrogens with zero attached hydrogens (tertiary/aromatic N) is 1. The molecule has 2 saturated heterocycles. The van der Waals surface area contributed by atoms with Gasteiger partial charge in [0, 0.05) is 25.6 Å². The summed E-state index contributed by atoms with van der Waals surface area (Å²) in [5.74, 6) is 0.633. The number of carbonyl (C=O) groups is 1. The number of alkyl carbamates (subject to hydrolysis) is 1. The molecule has 0 aromatic carbocycles. The van der Waals surface area contributed by atoms with Gasteiger partial charge in [0.25, 0.3) is 0 Å². The molecule has 4 nitrogen and oxygen atoms in total. The van der Waals surface area contributed by atoms with E-state index in [1.807, 2.05) is 0 Å². The second-order valence-corrected chi connectivity index (χ2v) is 5.29. The van der Waals surface area contributed by atoms with Crippen LogP contribution in [0, 0.1) is 5.92 Å². The SMILES string of the molecule is CNC(=O)OC1CN2CCCC2(C(C)C)C1. The molecule has 0 aromatic heterocycles. The van der Waals surface area contributed by atoms with Crippen LogP contribution in [0.5, 0.6) is 0 Å². The first kappa shape index (κ1) is 11.7. The minimum Gasteiger partial charge on any atom is -0.445 e. The number of fused-ring (bicyclic) bond motifs is 1. The lowest BCUT2D eigenvalue weighted by molar-refractivity contribution is 0.101. The third kappa shape index (κ3) is 1.79. The lowest BCUT2D eigenvalue weighted by atomic mass is 9.82. The van der Waals surface area contributed by atoms with Gasteiger partial charge in [-0.1, -0.05) is 13.8 Å². The summed E-state index contributed by atoms with van der Waals surface area (Å²) in [5, 5.41) is 2.52. The highest BCUT2D eigenvalue weighted by Gasteiger charge is 2.51. The van der Waals surface area contributed by atoms with Gasteiger partial charge in [-0.3, -0.25) is 4.90 Å². The van der Waals surface area contributed by atoms with Gasteiger partial charge >= 0.3 is 6.09 Å². The van der Waals surface area contributed by atoms with E-state index in [-0.39, 0.29) is 12.2 Å². The molecule has 2 rings (SSSR count). The Morgan fingerprint density at radius 2 is 2.31 bits per heavy atom. The summed E-state index contributed by atoms with van der Waals surface area (Å²) in [5.41, 5.74) is 0.290. The number of rotatable bonds is 2. The lowest BCUT2D eigenvalue weighted by Gasteiger charge is -2.35. The van der Waals surface area contributed by atoms with Crippen LogP contribution >= 0.6 is 0 Å². The molecule has 1 N–H and O–H groups in total. The van der Waals surface area contributed by atoms with Crippen LogP contribution in [0.4, 0.5) is 4.79 Å². The number of ether oxygens (including phenoxy) is 1. The Hall–Kier alpha value is -0.770. The van der Waals surface area contributed by atoms with Crippen molar-refractivity contribution in [3.63, 3.8) is 0 Å².